The molecule has 2 aromatic heterocycles. The molecule has 0 radical (unpaired) electrons. The molecule has 3 rings (SSSR count). The number of benzene rings is 1. The third-order valence-electron chi connectivity index (χ3n) is 2.58. The Labute approximate surface area is 103 Å². The summed E-state index contributed by atoms with van der Waals surface area (Å²) in [6.07, 6.45) is 3.70. The fourth-order valence-corrected chi connectivity index (χ4v) is 2.30. The van der Waals surface area contributed by atoms with Crippen molar-refractivity contribution in [2.45, 2.75) is 6.54 Å². The molecule has 0 fully saturated rings. The van der Waals surface area contributed by atoms with Crippen molar-refractivity contribution in [1.82, 2.24) is 9.97 Å². The van der Waals surface area contributed by atoms with Crippen molar-refractivity contribution in [2.75, 3.05) is 5.32 Å². The van der Waals surface area contributed by atoms with Crippen LogP contribution in [0.5, 0.6) is 0 Å². The molecule has 0 aliphatic carbocycles. The summed E-state index contributed by atoms with van der Waals surface area (Å²) in [6, 6.07) is 10.2. The van der Waals surface area contributed by atoms with Crippen LogP contribution in [-0.2, 0) is 6.54 Å². The van der Waals surface area contributed by atoms with Gasteiger partial charge in [0, 0.05) is 28.3 Å². The standard InChI is InChI=1S/C13H11N3S/c1-4-12-11(3-2-6-15-12)13(5-1)16-8-10-7-14-9-17-10/h1-7,9,16H,8H2. The molecular weight excluding hydrogens is 230 g/mol. The fraction of sp³-hybridized carbons (Fsp3) is 0.0769. The van der Waals surface area contributed by atoms with Gasteiger partial charge in [0.1, 0.15) is 0 Å². The first-order chi connectivity index (χ1) is 8.43. The first-order valence-electron chi connectivity index (χ1n) is 5.38. The first-order valence-corrected chi connectivity index (χ1v) is 6.26. The molecule has 0 saturated heterocycles. The highest BCUT2D eigenvalue weighted by molar-refractivity contribution is 7.09. The predicted octanol–water partition coefficient (Wildman–Crippen LogP) is 3.30. The molecule has 3 nitrogen and oxygen atoms in total. The quantitative estimate of drug-likeness (QED) is 0.764. The summed E-state index contributed by atoms with van der Waals surface area (Å²) in [6.45, 7) is 0.804. The number of hydrogen-bond acceptors (Lipinski definition) is 4. The van der Waals surface area contributed by atoms with Crippen molar-refractivity contribution in [1.29, 1.82) is 0 Å². The highest BCUT2D eigenvalue weighted by atomic mass is 32.1. The Morgan fingerprint density at radius 2 is 2.18 bits per heavy atom. The van der Waals surface area contributed by atoms with Gasteiger partial charge in [0.2, 0.25) is 0 Å². The zero-order valence-corrected chi connectivity index (χ0v) is 9.95. The predicted molar refractivity (Wildman–Crippen MR) is 71.2 cm³/mol. The van der Waals surface area contributed by atoms with Crippen LogP contribution in [0, 0.1) is 0 Å². The third-order valence-corrected chi connectivity index (χ3v) is 3.36. The van der Waals surface area contributed by atoms with Crippen LogP contribution in [0.4, 0.5) is 5.69 Å². The summed E-state index contributed by atoms with van der Waals surface area (Å²) >= 11 is 1.66. The molecule has 4 heteroatoms. The van der Waals surface area contributed by atoms with E-state index >= 15 is 0 Å². The maximum absolute atomic E-state index is 4.34. The number of aromatic nitrogens is 2. The summed E-state index contributed by atoms with van der Waals surface area (Å²) in [5, 5.41) is 4.57. The second-order valence-corrected chi connectivity index (χ2v) is 4.67. The summed E-state index contributed by atoms with van der Waals surface area (Å²) in [5.74, 6) is 0. The van der Waals surface area contributed by atoms with Gasteiger partial charge in [-0.1, -0.05) is 6.07 Å². The van der Waals surface area contributed by atoms with E-state index < -0.39 is 0 Å². The largest absolute Gasteiger partial charge is 0.380 e. The minimum absolute atomic E-state index is 0.804. The summed E-state index contributed by atoms with van der Waals surface area (Å²) in [4.78, 5) is 9.63. The van der Waals surface area contributed by atoms with Gasteiger partial charge >= 0.3 is 0 Å². The Bertz CT molecular complexity index is 614. The molecule has 0 unspecified atom stereocenters. The average molecular weight is 241 g/mol. The number of thiazole rings is 1. The van der Waals surface area contributed by atoms with E-state index in [2.05, 4.69) is 27.4 Å². The molecule has 1 aromatic carbocycles. The molecule has 17 heavy (non-hydrogen) atoms. The molecule has 0 aliphatic heterocycles. The van der Waals surface area contributed by atoms with Crippen LogP contribution in [0.25, 0.3) is 10.9 Å². The van der Waals surface area contributed by atoms with Crippen molar-refractivity contribution in [3.05, 3.63) is 53.1 Å². The lowest BCUT2D eigenvalue weighted by Gasteiger charge is -2.07. The van der Waals surface area contributed by atoms with E-state index in [1.54, 1.807) is 11.3 Å². The van der Waals surface area contributed by atoms with Gasteiger partial charge in [-0.2, -0.15) is 0 Å². The zero-order valence-electron chi connectivity index (χ0n) is 9.13. The molecule has 0 amide bonds. The number of fused-ring (bicyclic) bond motifs is 1. The van der Waals surface area contributed by atoms with Gasteiger partial charge in [-0.3, -0.25) is 9.97 Å². The van der Waals surface area contributed by atoms with E-state index in [9.17, 15) is 0 Å². The SMILES string of the molecule is c1cc(NCc2cncs2)c2cccnc2c1. The summed E-state index contributed by atoms with van der Waals surface area (Å²) in [7, 11) is 0. The molecule has 0 spiro atoms. The van der Waals surface area contributed by atoms with Crippen molar-refractivity contribution in [2.24, 2.45) is 0 Å². The number of hydrogen-bond donors (Lipinski definition) is 1. The van der Waals surface area contributed by atoms with Gasteiger partial charge < -0.3 is 5.32 Å². The maximum atomic E-state index is 4.34. The van der Waals surface area contributed by atoms with E-state index in [1.165, 1.54) is 4.88 Å². The van der Waals surface area contributed by atoms with E-state index in [1.807, 2.05) is 36.1 Å². The topological polar surface area (TPSA) is 37.8 Å². The molecular formula is C13H11N3S. The highest BCUT2D eigenvalue weighted by Crippen LogP contribution is 2.22. The van der Waals surface area contributed by atoms with E-state index in [4.69, 9.17) is 0 Å². The van der Waals surface area contributed by atoms with Crippen LogP contribution in [0.1, 0.15) is 4.88 Å². The lowest BCUT2D eigenvalue weighted by atomic mass is 10.2. The van der Waals surface area contributed by atoms with Crippen molar-refractivity contribution >= 4 is 27.9 Å². The highest BCUT2D eigenvalue weighted by Gasteiger charge is 2.01. The maximum Gasteiger partial charge on any atom is 0.0794 e. The molecule has 3 aromatic rings. The van der Waals surface area contributed by atoms with E-state index in [-0.39, 0.29) is 0 Å². The number of pyridine rings is 1. The van der Waals surface area contributed by atoms with Crippen LogP contribution >= 0.6 is 11.3 Å². The van der Waals surface area contributed by atoms with Gasteiger partial charge in [-0.25, -0.2) is 0 Å². The lowest BCUT2D eigenvalue weighted by molar-refractivity contribution is 1.18. The Morgan fingerprint density at radius 3 is 3.06 bits per heavy atom. The number of nitrogens with zero attached hydrogens (tertiary/aromatic N) is 2. The van der Waals surface area contributed by atoms with E-state index in [0.717, 1.165) is 23.1 Å². The minimum Gasteiger partial charge on any atom is -0.380 e. The molecule has 0 aliphatic rings. The number of anilines is 1. The van der Waals surface area contributed by atoms with Crippen LogP contribution in [0.15, 0.2) is 48.2 Å². The van der Waals surface area contributed by atoms with Crippen molar-refractivity contribution in [3.8, 4) is 0 Å². The van der Waals surface area contributed by atoms with Gasteiger partial charge in [-0.15, -0.1) is 11.3 Å². The summed E-state index contributed by atoms with van der Waals surface area (Å²) in [5.41, 5.74) is 3.98. The number of nitrogens with one attached hydrogen (secondary N) is 1. The Hall–Kier alpha value is -1.94. The normalized spacial score (nSPS) is 10.6. The fourth-order valence-electron chi connectivity index (χ4n) is 1.77. The first kappa shape index (κ1) is 10.2. The van der Waals surface area contributed by atoms with Crippen LogP contribution in [0.2, 0.25) is 0 Å². The smallest absolute Gasteiger partial charge is 0.0794 e. The van der Waals surface area contributed by atoms with E-state index in [0.29, 0.717) is 0 Å². The average Bonchev–Trinajstić information content (AvgIpc) is 2.89. The minimum atomic E-state index is 0.804. The number of rotatable bonds is 3. The van der Waals surface area contributed by atoms with Crippen LogP contribution < -0.4 is 5.32 Å². The van der Waals surface area contributed by atoms with Gasteiger partial charge in [-0.05, 0) is 24.3 Å². The Balaban J connectivity index is 1.90. The molecule has 1 N–H and O–H groups in total. The lowest BCUT2D eigenvalue weighted by Crippen LogP contribution is -1.98. The molecule has 0 bridgehead atoms. The summed E-state index contributed by atoms with van der Waals surface area (Å²) < 4.78 is 0. The zero-order chi connectivity index (χ0) is 11.5. The van der Waals surface area contributed by atoms with Crippen LogP contribution in [0.3, 0.4) is 0 Å². The monoisotopic (exact) mass is 241 g/mol. The van der Waals surface area contributed by atoms with Gasteiger partial charge in [0.05, 0.1) is 17.6 Å². The third kappa shape index (κ3) is 2.12. The second kappa shape index (κ2) is 4.51. The molecule has 0 saturated carbocycles. The Morgan fingerprint density at radius 1 is 1.18 bits per heavy atom. The van der Waals surface area contributed by atoms with Crippen molar-refractivity contribution in [3.63, 3.8) is 0 Å². The van der Waals surface area contributed by atoms with Crippen molar-refractivity contribution < 1.29 is 0 Å². The van der Waals surface area contributed by atoms with Gasteiger partial charge in [0.25, 0.3) is 0 Å². The molecule has 0 atom stereocenters. The van der Waals surface area contributed by atoms with Gasteiger partial charge in [0.15, 0.2) is 0 Å². The second-order valence-electron chi connectivity index (χ2n) is 3.70. The molecule has 2 heterocycles. The van der Waals surface area contributed by atoms with Crippen LogP contribution in [-0.4, -0.2) is 9.97 Å². The Kier molecular flexibility index (Phi) is 2.71. The molecule has 84 valence electrons.